The van der Waals surface area contributed by atoms with E-state index in [0.29, 0.717) is 12.3 Å². The van der Waals surface area contributed by atoms with Gasteiger partial charge >= 0.3 is 0 Å². The van der Waals surface area contributed by atoms with E-state index in [1.165, 1.54) is 0 Å². The highest BCUT2D eigenvalue weighted by molar-refractivity contribution is 5.85. The van der Waals surface area contributed by atoms with Crippen LogP contribution in [0.15, 0.2) is 24.5 Å². The smallest absolute Gasteiger partial charge is 0.223 e. The number of aromatic nitrogens is 1. The van der Waals surface area contributed by atoms with Gasteiger partial charge in [0.15, 0.2) is 0 Å². The number of nitrogens with one attached hydrogen (secondary N) is 1. The molecule has 1 fully saturated rings. The molecule has 1 saturated heterocycles. The molecule has 1 aromatic heterocycles. The van der Waals surface area contributed by atoms with E-state index in [4.69, 9.17) is 0 Å². The largest absolute Gasteiger partial charge is 0.333 e. The highest BCUT2D eigenvalue weighted by Crippen LogP contribution is 2.22. The Morgan fingerprint density at radius 1 is 1.58 bits per heavy atom. The van der Waals surface area contributed by atoms with Crippen LogP contribution in [0, 0.1) is 5.92 Å². The van der Waals surface area contributed by atoms with Gasteiger partial charge < -0.3 is 10.2 Å². The first-order chi connectivity index (χ1) is 8.68. The van der Waals surface area contributed by atoms with E-state index in [9.17, 15) is 4.79 Å². The molecular formula is C14H22ClN3O. The molecule has 2 heterocycles. The third kappa shape index (κ3) is 4.18. The highest BCUT2D eigenvalue weighted by atomic mass is 35.5. The SMILES string of the molecule is CC(C)CC(=O)N1CCNCC1c1cccnc1.Cl. The zero-order valence-corrected chi connectivity index (χ0v) is 12.3. The van der Waals surface area contributed by atoms with Crippen molar-refractivity contribution < 1.29 is 4.79 Å². The summed E-state index contributed by atoms with van der Waals surface area (Å²) in [7, 11) is 0. The van der Waals surface area contributed by atoms with E-state index in [2.05, 4.69) is 24.1 Å². The summed E-state index contributed by atoms with van der Waals surface area (Å²) in [5.41, 5.74) is 1.11. The van der Waals surface area contributed by atoms with Gasteiger partial charge in [0.1, 0.15) is 0 Å². The van der Waals surface area contributed by atoms with Crippen molar-refractivity contribution in [3.8, 4) is 0 Å². The van der Waals surface area contributed by atoms with Crippen LogP contribution in [0.3, 0.4) is 0 Å². The molecule has 1 aromatic rings. The minimum atomic E-state index is 0. The average molecular weight is 284 g/mol. The van der Waals surface area contributed by atoms with E-state index in [1.807, 2.05) is 23.2 Å². The molecular weight excluding hydrogens is 262 g/mol. The third-order valence-corrected chi connectivity index (χ3v) is 3.22. The van der Waals surface area contributed by atoms with Gasteiger partial charge in [-0.05, 0) is 17.5 Å². The summed E-state index contributed by atoms with van der Waals surface area (Å²) in [6.07, 6.45) is 4.24. The Morgan fingerprint density at radius 3 is 3.00 bits per heavy atom. The Morgan fingerprint density at radius 2 is 2.37 bits per heavy atom. The second-order valence-electron chi connectivity index (χ2n) is 5.19. The van der Waals surface area contributed by atoms with Crippen molar-refractivity contribution in [2.45, 2.75) is 26.3 Å². The molecule has 0 bridgehead atoms. The van der Waals surface area contributed by atoms with Crippen LogP contribution < -0.4 is 5.32 Å². The molecule has 1 N–H and O–H groups in total. The summed E-state index contributed by atoms with van der Waals surface area (Å²) in [6.45, 7) is 6.64. The van der Waals surface area contributed by atoms with Crippen molar-refractivity contribution in [1.82, 2.24) is 15.2 Å². The van der Waals surface area contributed by atoms with Gasteiger partial charge in [-0.2, -0.15) is 0 Å². The van der Waals surface area contributed by atoms with E-state index >= 15 is 0 Å². The number of hydrogen-bond donors (Lipinski definition) is 1. The van der Waals surface area contributed by atoms with Crippen LogP contribution in [0.1, 0.15) is 31.9 Å². The molecule has 0 spiro atoms. The lowest BCUT2D eigenvalue weighted by molar-refractivity contribution is -0.135. The molecule has 1 amide bonds. The van der Waals surface area contributed by atoms with Gasteiger partial charge in [-0.25, -0.2) is 0 Å². The zero-order valence-electron chi connectivity index (χ0n) is 11.5. The van der Waals surface area contributed by atoms with E-state index in [0.717, 1.165) is 25.2 Å². The number of nitrogens with zero attached hydrogens (tertiary/aromatic N) is 2. The number of pyridine rings is 1. The molecule has 0 saturated carbocycles. The lowest BCUT2D eigenvalue weighted by Crippen LogP contribution is -2.48. The van der Waals surface area contributed by atoms with Gasteiger partial charge in [-0.1, -0.05) is 19.9 Å². The Bertz CT molecular complexity index is 397. The third-order valence-electron chi connectivity index (χ3n) is 3.22. The Kier molecular flexibility index (Phi) is 6.25. The molecule has 106 valence electrons. The molecule has 0 aliphatic carbocycles. The van der Waals surface area contributed by atoms with Crippen LogP contribution >= 0.6 is 12.4 Å². The monoisotopic (exact) mass is 283 g/mol. The van der Waals surface area contributed by atoms with Gasteiger partial charge in [0.25, 0.3) is 0 Å². The lowest BCUT2D eigenvalue weighted by atomic mass is 10.0. The standard InChI is InChI=1S/C14H21N3O.ClH/c1-11(2)8-14(18)17-7-6-16-10-13(17)12-4-3-5-15-9-12;/h3-5,9,11,13,16H,6-8,10H2,1-2H3;1H. The second kappa shape index (κ2) is 7.46. The molecule has 19 heavy (non-hydrogen) atoms. The Balaban J connectivity index is 0.00000180. The number of hydrogen-bond acceptors (Lipinski definition) is 3. The molecule has 0 aromatic carbocycles. The van der Waals surface area contributed by atoms with E-state index < -0.39 is 0 Å². The van der Waals surface area contributed by atoms with Crippen molar-refractivity contribution in [3.05, 3.63) is 30.1 Å². The number of carbonyl (C=O) groups is 1. The van der Waals surface area contributed by atoms with Crippen LogP contribution in [0.4, 0.5) is 0 Å². The summed E-state index contributed by atoms with van der Waals surface area (Å²) in [5.74, 6) is 0.655. The maximum Gasteiger partial charge on any atom is 0.223 e. The fourth-order valence-electron chi connectivity index (χ4n) is 2.34. The predicted molar refractivity (Wildman–Crippen MR) is 78.3 cm³/mol. The van der Waals surface area contributed by atoms with Crippen LogP contribution in [0.5, 0.6) is 0 Å². The maximum atomic E-state index is 12.3. The number of piperazine rings is 1. The first kappa shape index (κ1) is 15.9. The van der Waals surface area contributed by atoms with Gasteiger partial charge in [-0.15, -0.1) is 12.4 Å². The van der Waals surface area contributed by atoms with Gasteiger partial charge in [0.2, 0.25) is 5.91 Å². The molecule has 1 atom stereocenters. The predicted octanol–water partition coefficient (Wildman–Crippen LogP) is 2.02. The summed E-state index contributed by atoms with van der Waals surface area (Å²) in [6, 6.07) is 4.09. The molecule has 1 aliphatic rings. The average Bonchev–Trinajstić information content (AvgIpc) is 2.39. The molecule has 2 rings (SSSR count). The van der Waals surface area contributed by atoms with E-state index in [-0.39, 0.29) is 24.4 Å². The number of amides is 1. The van der Waals surface area contributed by atoms with Gasteiger partial charge in [0, 0.05) is 38.4 Å². The van der Waals surface area contributed by atoms with Crippen LogP contribution in [0.2, 0.25) is 0 Å². The summed E-state index contributed by atoms with van der Waals surface area (Å²) in [5, 5.41) is 3.35. The second-order valence-corrected chi connectivity index (χ2v) is 5.19. The quantitative estimate of drug-likeness (QED) is 0.923. The molecule has 1 unspecified atom stereocenters. The van der Waals surface area contributed by atoms with E-state index in [1.54, 1.807) is 6.20 Å². The van der Waals surface area contributed by atoms with Crippen LogP contribution in [0.25, 0.3) is 0 Å². The highest BCUT2D eigenvalue weighted by Gasteiger charge is 2.27. The first-order valence-electron chi connectivity index (χ1n) is 6.58. The molecule has 5 heteroatoms. The fraction of sp³-hybridized carbons (Fsp3) is 0.571. The van der Waals surface area contributed by atoms with Crippen molar-refractivity contribution in [2.75, 3.05) is 19.6 Å². The minimum absolute atomic E-state index is 0. The number of rotatable bonds is 3. The summed E-state index contributed by atoms with van der Waals surface area (Å²) < 4.78 is 0. The van der Waals surface area contributed by atoms with Gasteiger partial charge in [-0.3, -0.25) is 9.78 Å². The normalized spacial score (nSPS) is 19.1. The zero-order chi connectivity index (χ0) is 13.0. The number of carbonyl (C=O) groups excluding carboxylic acids is 1. The van der Waals surface area contributed by atoms with Gasteiger partial charge in [0.05, 0.1) is 6.04 Å². The van der Waals surface area contributed by atoms with Crippen molar-refractivity contribution in [3.63, 3.8) is 0 Å². The lowest BCUT2D eigenvalue weighted by Gasteiger charge is -2.36. The minimum Gasteiger partial charge on any atom is -0.333 e. The Hall–Kier alpha value is -1.13. The topological polar surface area (TPSA) is 45.2 Å². The summed E-state index contributed by atoms with van der Waals surface area (Å²) >= 11 is 0. The van der Waals surface area contributed by atoms with Crippen LogP contribution in [-0.4, -0.2) is 35.4 Å². The maximum absolute atomic E-state index is 12.3. The summed E-state index contributed by atoms with van der Waals surface area (Å²) in [4.78, 5) is 18.4. The van der Waals surface area contributed by atoms with Crippen molar-refractivity contribution >= 4 is 18.3 Å². The Labute approximate surface area is 121 Å². The molecule has 0 radical (unpaired) electrons. The van der Waals surface area contributed by atoms with Crippen molar-refractivity contribution in [1.29, 1.82) is 0 Å². The molecule has 1 aliphatic heterocycles. The van der Waals surface area contributed by atoms with Crippen LogP contribution in [-0.2, 0) is 4.79 Å². The first-order valence-corrected chi connectivity index (χ1v) is 6.58. The van der Waals surface area contributed by atoms with Crippen molar-refractivity contribution in [2.24, 2.45) is 5.92 Å². The number of halogens is 1. The molecule has 4 nitrogen and oxygen atoms in total. The fourth-order valence-corrected chi connectivity index (χ4v) is 2.34.